The maximum absolute atomic E-state index is 12.4. The summed E-state index contributed by atoms with van der Waals surface area (Å²) in [5.74, 6) is 1.00. The van der Waals surface area contributed by atoms with Crippen molar-refractivity contribution in [2.24, 2.45) is 5.10 Å². The molecule has 1 aliphatic rings. The molecule has 1 heterocycles. The van der Waals surface area contributed by atoms with Gasteiger partial charge in [-0.1, -0.05) is 24.8 Å². The van der Waals surface area contributed by atoms with E-state index in [4.69, 9.17) is 14.2 Å². The van der Waals surface area contributed by atoms with Crippen LogP contribution in [0.3, 0.4) is 0 Å². The van der Waals surface area contributed by atoms with E-state index >= 15 is 0 Å². The summed E-state index contributed by atoms with van der Waals surface area (Å²) in [6, 6.07) is 13.1. The van der Waals surface area contributed by atoms with Gasteiger partial charge in [0, 0.05) is 25.2 Å². The van der Waals surface area contributed by atoms with Crippen molar-refractivity contribution in [3.8, 4) is 11.5 Å². The number of nitrogens with zero attached hydrogens (tertiary/aromatic N) is 2. The zero-order valence-electron chi connectivity index (χ0n) is 17.9. The molecule has 3 rings (SSSR count). The lowest BCUT2D eigenvalue weighted by atomic mass is 10.1. The highest BCUT2D eigenvalue weighted by molar-refractivity contribution is 5.94. The van der Waals surface area contributed by atoms with E-state index in [0.29, 0.717) is 30.3 Å². The molecule has 1 N–H and O–H groups in total. The summed E-state index contributed by atoms with van der Waals surface area (Å²) >= 11 is 0. The van der Waals surface area contributed by atoms with E-state index in [1.165, 1.54) is 5.56 Å². The number of morpholine rings is 1. The van der Waals surface area contributed by atoms with E-state index in [-0.39, 0.29) is 5.91 Å². The molecular formula is C24H29N3O4. The molecule has 0 aromatic heterocycles. The third-order valence-electron chi connectivity index (χ3n) is 4.73. The summed E-state index contributed by atoms with van der Waals surface area (Å²) in [6.07, 6.45) is 3.25. The Hall–Kier alpha value is -3.16. The van der Waals surface area contributed by atoms with Gasteiger partial charge in [0.15, 0.2) is 11.5 Å². The molecule has 0 spiro atoms. The molecule has 0 aliphatic carbocycles. The van der Waals surface area contributed by atoms with Crippen LogP contribution < -0.4 is 14.9 Å². The minimum absolute atomic E-state index is 0.259. The largest absolute Gasteiger partial charge is 0.490 e. The first kappa shape index (κ1) is 22.5. The standard InChI is InChI=1S/C24H29N3O4/c1-3-13-31-22-10-7-20(16-23(22)30-4-2)17-25-26-24(28)21-8-5-19(6-9-21)18-27-11-14-29-15-12-27/h3,5-10,16-17H,1,4,11-15,18H2,2H3,(H,26,28)/b25-17-. The van der Waals surface area contributed by atoms with Gasteiger partial charge in [0.25, 0.3) is 5.91 Å². The fraction of sp³-hybridized carbons (Fsp3) is 0.333. The zero-order chi connectivity index (χ0) is 21.9. The molecule has 2 aromatic rings. The van der Waals surface area contributed by atoms with Crippen molar-refractivity contribution in [2.75, 3.05) is 39.5 Å². The van der Waals surface area contributed by atoms with Gasteiger partial charge in [-0.2, -0.15) is 5.10 Å². The van der Waals surface area contributed by atoms with Gasteiger partial charge in [-0.15, -0.1) is 0 Å². The van der Waals surface area contributed by atoms with Gasteiger partial charge in [0.2, 0.25) is 0 Å². The molecule has 0 radical (unpaired) electrons. The number of hydrazone groups is 1. The Morgan fingerprint density at radius 3 is 2.65 bits per heavy atom. The van der Waals surface area contributed by atoms with Crippen molar-refractivity contribution in [3.05, 3.63) is 71.8 Å². The molecular weight excluding hydrogens is 394 g/mol. The Kier molecular flexibility index (Phi) is 8.63. The smallest absolute Gasteiger partial charge is 0.271 e. The number of nitrogens with one attached hydrogen (secondary N) is 1. The first-order valence-corrected chi connectivity index (χ1v) is 10.4. The maximum atomic E-state index is 12.4. The van der Waals surface area contributed by atoms with Gasteiger partial charge in [0.05, 0.1) is 26.0 Å². The van der Waals surface area contributed by atoms with Crippen LogP contribution in [0.4, 0.5) is 0 Å². The van der Waals surface area contributed by atoms with Crippen LogP contribution in [0.5, 0.6) is 11.5 Å². The molecule has 1 aliphatic heterocycles. The molecule has 0 bridgehead atoms. The van der Waals surface area contributed by atoms with Crippen molar-refractivity contribution in [3.63, 3.8) is 0 Å². The van der Waals surface area contributed by atoms with Gasteiger partial charge >= 0.3 is 0 Å². The van der Waals surface area contributed by atoms with Crippen LogP contribution in [0.1, 0.15) is 28.4 Å². The van der Waals surface area contributed by atoms with E-state index in [1.54, 1.807) is 12.3 Å². The lowest BCUT2D eigenvalue weighted by Crippen LogP contribution is -2.35. The van der Waals surface area contributed by atoms with E-state index in [2.05, 4.69) is 22.0 Å². The second-order valence-electron chi connectivity index (χ2n) is 7.02. The van der Waals surface area contributed by atoms with Crippen LogP contribution in [-0.2, 0) is 11.3 Å². The molecule has 1 amide bonds. The monoisotopic (exact) mass is 423 g/mol. The summed E-state index contributed by atoms with van der Waals surface area (Å²) in [6.45, 7) is 10.7. The van der Waals surface area contributed by atoms with Crippen molar-refractivity contribution >= 4 is 12.1 Å². The van der Waals surface area contributed by atoms with Crippen molar-refractivity contribution in [1.29, 1.82) is 0 Å². The molecule has 1 fully saturated rings. The fourth-order valence-corrected chi connectivity index (χ4v) is 3.15. The molecule has 7 heteroatoms. The molecule has 1 saturated heterocycles. The highest BCUT2D eigenvalue weighted by atomic mass is 16.5. The highest BCUT2D eigenvalue weighted by Gasteiger charge is 2.11. The van der Waals surface area contributed by atoms with Gasteiger partial charge in [-0.3, -0.25) is 9.69 Å². The van der Waals surface area contributed by atoms with E-state index in [0.717, 1.165) is 38.4 Å². The van der Waals surface area contributed by atoms with E-state index in [1.807, 2.05) is 49.4 Å². The van der Waals surface area contributed by atoms with Gasteiger partial charge in [-0.05, 0) is 48.4 Å². The first-order valence-electron chi connectivity index (χ1n) is 10.4. The number of benzene rings is 2. The lowest BCUT2D eigenvalue weighted by molar-refractivity contribution is 0.0342. The van der Waals surface area contributed by atoms with Crippen molar-refractivity contribution < 1.29 is 19.0 Å². The molecule has 2 aromatic carbocycles. The summed E-state index contributed by atoms with van der Waals surface area (Å²) in [5.41, 5.74) is 5.09. The Bertz CT molecular complexity index is 890. The normalized spacial score (nSPS) is 14.4. The average molecular weight is 424 g/mol. The second-order valence-corrected chi connectivity index (χ2v) is 7.02. The molecule has 31 heavy (non-hydrogen) atoms. The maximum Gasteiger partial charge on any atom is 0.271 e. The molecule has 164 valence electrons. The molecule has 0 unspecified atom stereocenters. The Labute approximate surface area is 183 Å². The van der Waals surface area contributed by atoms with Crippen LogP contribution in [0.2, 0.25) is 0 Å². The van der Waals surface area contributed by atoms with Crippen LogP contribution in [0.15, 0.2) is 60.2 Å². The lowest BCUT2D eigenvalue weighted by Gasteiger charge is -2.26. The van der Waals surface area contributed by atoms with Gasteiger partial charge in [-0.25, -0.2) is 5.43 Å². The number of carbonyl (C=O) groups excluding carboxylic acids is 1. The fourth-order valence-electron chi connectivity index (χ4n) is 3.15. The van der Waals surface area contributed by atoms with Crippen LogP contribution in [-0.4, -0.2) is 56.5 Å². The number of hydrogen-bond acceptors (Lipinski definition) is 6. The Morgan fingerprint density at radius 2 is 1.94 bits per heavy atom. The Morgan fingerprint density at radius 1 is 1.16 bits per heavy atom. The minimum atomic E-state index is -0.259. The summed E-state index contributed by atoms with van der Waals surface area (Å²) in [4.78, 5) is 14.7. The summed E-state index contributed by atoms with van der Waals surface area (Å²) in [7, 11) is 0. The van der Waals surface area contributed by atoms with Gasteiger partial charge < -0.3 is 14.2 Å². The van der Waals surface area contributed by atoms with Crippen LogP contribution in [0, 0.1) is 0 Å². The number of ether oxygens (including phenoxy) is 3. The van der Waals surface area contributed by atoms with Gasteiger partial charge in [0.1, 0.15) is 6.61 Å². The molecule has 7 nitrogen and oxygen atoms in total. The minimum Gasteiger partial charge on any atom is -0.490 e. The zero-order valence-corrected chi connectivity index (χ0v) is 17.9. The predicted molar refractivity (Wildman–Crippen MR) is 121 cm³/mol. The van der Waals surface area contributed by atoms with E-state index in [9.17, 15) is 4.79 Å². The van der Waals surface area contributed by atoms with Crippen LogP contribution in [0.25, 0.3) is 0 Å². The van der Waals surface area contributed by atoms with E-state index < -0.39 is 0 Å². The second kappa shape index (κ2) is 11.9. The predicted octanol–water partition coefficient (Wildman–Crippen LogP) is 3.25. The molecule has 0 atom stereocenters. The van der Waals surface area contributed by atoms with Crippen molar-refractivity contribution in [1.82, 2.24) is 10.3 Å². The number of hydrogen-bond donors (Lipinski definition) is 1. The van der Waals surface area contributed by atoms with Crippen molar-refractivity contribution in [2.45, 2.75) is 13.5 Å². The third kappa shape index (κ3) is 6.94. The molecule has 0 saturated carbocycles. The number of rotatable bonds is 10. The summed E-state index contributed by atoms with van der Waals surface area (Å²) < 4.78 is 16.6. The highest BCUT2D eigenvalue weighted by Crippen LogP contribution is 2.28. The topological polar surface area (TPSA) is 72.4 Å². The summed E-state index contributed by atoms with van der Waals surface area (Å²) in [5, 5.41) is 4.07. The average Bonchev–Trinajstić information content (AvgIpc) is 2.80. The third-order valence-corrected chi connectivity index (χ3v) is 4.73. The van der Waals surface area contributed by atoms with Crippen LogP contribution >= 0.6 is 0 Å². The SMILES string of the molecule is C=CCOc1ccc(/C=N\NC(=O)c2ccc(CN3CCOCC3)cc2)cc1OCC. The number of carbonyl (C=O) groups is 1. The first-order chi connectivity index (χ1) is 15.2. The number of amides is 1. The Balaban J connectivity index is 1.55. The quantitative estimate of drug-likeness (QED) is 0.361.